The van der Waals surface area contributed by atoms with Crippen molar-refractivity contribution in [1.29, 1.82) is 5.41 Å². The summed E-state index contributed by atoms with van der Waals surface area (Å²) in [6, 6.07) is 3.77. The topological polar surface area (TPSA) is 128 Å². The molecule has 2 aliphatic heterocycles. The molecular weight excluding hydrogens is 552 g/mol. The molecule has 1 unspecified atom stereocenters. The Hall–Kier alpha value is -2.77. The lowest BCUT2D eigenvalue weighted by atomic mass is 10.2. The number of aryl methyl sites for hydroxylation is 1. The lowest BCUT2D eigenvalue weighted by molar-refractivity contribution is -0.0456. The van der Waals surface area contributed by atoms with Crippen molar-refractivity contribution in [3.8, 4) is 11.5 Å². The molecule has 4 heterocycles. The molecule has 1 saturated heterocycles. The van der Waals surface area contributed by atoms with Gasteiger partial charge in [-0.1, -0.05) is 11.8 Å². The van der Waals surface area contributed by atoms with Crippen LogP contribution in [0.5, 0.6) is 11.5 Å². The highest BCUT2D eigenvalue weighted by Gasteiger charge is 2.28. The van der Waals surface area contributed by atoms with Gasteiger partial charge >= 0.3 is 6.09 Å². The zero-order chi connectivity index (χ0) is 25.4. The quantitative estimate of drug-likeness (QED) is 0.466. The fraction of sp³-hybridized carbons (Fsp3) is 0.478. The maximum absolute atomic E-state index is 12.5. The second kappa shape index (κ2) is 9.94. The lowest BCUT2D eigenvalue weighted by Crippen LogP contribution is -2.47. The van der Waals surface area contributed by atoms with Crippen molar-refractivity contribution in [2.24, 2.45) is 0 Å². The first kappa shape index (κ1) is 24.9. The van der Waals surface area contributed by atoms with Crippen molar-refractivity contribution >= 4 is 44.9 Å². The van der Waals surface area contributed by atoms with Crippen LogP contribution < -0.4 is 15.0 Å². The van der Waals surface area contributed by atoms with Crippen LogP contribution in [0.4, 0.5) is 4.79 Å². The van der Waals surface area contributed by atoms with Gasteiger partial charge in [0.05, 0.1) is 25.6 Å². The minimum atomic E-state index is -0.540. The number of hydrogen-bond donors (Lipinski definition) is 2. The monoisotopic (exact) mass is 578 g/mol. The molecule has 5 rings (SSSR count). The van der Waals surface area contributed by atoms with Crippen molar-refractivity contribution in [2.75, 3.05) is 26.5 Å². The number of fused-ring (bicyclic) bond motifs is 2. The Kier molecular flexibility index (Phi) is 6.88. The molecule has 192 valence electrons. The normalized spacial score (nSPS) is 17.6. The molecule has 1 fully saturated rings. The predicted octanol–water partition coefficient (Wildman–Crippen LogP) is 3.91. The average molecular weight is 579 g/mol. The number of morpholine rings is 1. The Labute approximate surface area is 220 Å². The minimum absolute atomic E-state index is 0.121. The zero-order valence-corrected chi connectivity index (χ0v) is 22.6. The molecule has 11 nitrogen and oxygen atoms in total. The molecule has 2 N–H and O–H groups in total. The third kappa shape index (κ3) is 5.47. The molecule has 2 aliphatic rings. The van der Waals surface area contributed by atoms with Gasteiger partial charge in [-0.3, -0.25) is 5.41 Å². The highest BCUT2D eigenvalue weighted by atomic mass is 79.9. The van der Waals surface area contributed by atoms with Crippen LogP contribution in [0.2, 0.25) is 0 Å². The standard InChI is InChI=1S/C23H27BrN6O5S/c1-23(2,3)35-22(31)29-6-7-32-13(10-29)4-5-30-11-26-19(25)18-20(30)28-21(27-18)36-17-9-16-15(8-14(17)24)33-12-34-16/h8-9,11,13,25H,4-7,10,12H2,1-3H3,(H,27,28). The third-order valence-electron chi connectivity index (χ3n) is 5.61. The van der Waals surface area contributed by atoms with Gasteiger partial charge in [-0.05, 0) is 55.3 Å². The summed E-state index contributed by atoms with van der Waals surface area (Å²) in [7, 11) is 0. The molecule has 0 aliphatic carbocycles. The highest BCUT2D eigenvalue weighted by molar-refractivity contribution is 9.10. The van der Waals surface area contributed by atoms with E-state index in [9.17, 15) is 4.79 Å². The molecule has 36 heavy (non-hydrogen) atoms. The summed E-state index contributed by atoms with van der Waals surface area (Å²) in [6.45, 7) is 7.77. The second-order valence-corrected chi connectivity index (χ2v) is 11.4. The van der Waals surface area contributed by atoms with Crippen molar-refractivity contribution in [2.45, 2.75) is 55.5 Å². The summed E-state index contributed by atoms with van der Waals surface area (Å²) < 4.78 is 25.1. The Morgan fingerprint density at radius 1 is 1.33 bits per heavy atom. The number of rotatable bonds is 5. The summed E-state index contributed by atoms with van der Waals surface area (Å²) in [5, 5.41) is 8.87. The van der Waals surface area contributed by atoms with E-state index in [0.717, 1.165) is 9.37 Å². The van der Waals surface area contributed by atoms with Gasteiger partial charge in [0.25, 0.3) is 0 Å². The third-order valence-corrected chi connectivity index (χ3v) is 7.48. The summed E-state index contributed by atoms with van der Waals surface area (Å²) in [4.78, 5) is 27.2. The minimum Gasteiger partial charge on any atom is -0.454 e. The molecule has 0 spiro atoms. The molecule has 0 saturated carbocycles. The maximum Gasteiger partial charge on any atom is 0.410 e. The molecule has 0 radical (unpaired) electrons. The molecule has 2 aromatic heterocycles. The fourth-order valence-electron chi connectivity index (χ4n) is 3.92. The van der Waals surface area contributed by atoms with Crippen LogP contribution in [-0.4, -0.2) is 68.7 Å². The van der Waals surface area contributed by atoms with Crippen molar-refractivity contribution in [3.63, 3.8) is 0 Å². The zero-order valence-electron chi connectivity index (χ0n) is 20.2. The Morgan fingerprint density at radius 2 is 2.11 bits per heavy atom. The van der Waals surface area contributed by atoms with Gasteiger partial charge in [0.1, 0.15) is 11.1 Å². The summed E-state index contributed by atoms with van der Waals surface area (Å²) in [6.07, 6.45) is 1.81. The predicted molar refractivity (Wildman–Crippen MR) is 134 cm³/mol. The van der Waals surface area contributed by atoms with E-state index < -0.39 is 5.60 Å². The number of aromatic nitrogens is 4. The van der Waals surface area contributed by atoms with Gasteiger partial charge in [0.2, 0.25) is 6.79 Å². The van der Waals surface area contributed by atoms with E-state index in [2.05, 4.69) is 25.9 Å². The number of carbonyl (C=O) groups excluding carboxylic acids is 1. The summed E-state index contributed by atoms with van der Waals surface area (Å²) in [5.74, 6) is 1.38. The van der Waals surface area contributed by atoms with Crippen LogP contribution in [-0.2, 0) is 16.0 Å². The number of halogens is 1. The summed E-state index contributed by atoms with van der Waals surface area (Å²) in [5.41, 5.74) is 0.767. The Bertz CT molecular complexity index is 1350. The number of carbonyl (C=O) groups is 1. The number of aromatic amines is 1. The molecule has 0 bridgehead atoms. The van der Waals surface area contributed by atoms with E-state index in [-0.39, 0.29) is 24.5 Å². The van der Waals surface area contributed by atoms with Gasteiger partial charge in [-0.2, -0.15) is 0 Å². The van der Waals surface area contributed by atoms with Gasteiger partial charge in [0.15, 0.2) is 27.8 Å². The van der Waals surface area contributed by atoms with Crippen LogP contribution in [0.3, 0.4) is 0 Å². The largest absolute Gasteiger partial charge is 0.454 e. The number of nitrogens with one attached hydrogen (secondary N) is 2. The van der Waals surface area contributed by atoms with E-state index in [4.69, 9.17) is 29.3 Å². The van der Waals surface area contributed by atoms with Gasteiger partial charge in [0, 0.05) is 22.5 Å². The molecular formula is C23H27BrN6O5S. The number of nitrogens with zero attached hydrogens (tertiary/aromatic N) is 4. The molecule has 13 heteroatoms. The van der Waals surface area contributed by atoms with E-state index >= 15 is 0 Å². The first-order chi connectivity index (χ1) is 17.2. The number of benzene rings is 1. The lowest BCUT2D eigenvalue weighted by Gasteiger charge is -2.34. The van der Waals surface area contributed by atoms with Gasteiger partial charge in [-0.25, -0.2) is 14.8 Å². The van der Waals surface area contributed by atoms with Gasteiger partial charge < -0.3 is 33.4 Å². The highest BCUT2D eigenvalue weighted by Crippen LogP contribution is 2.42. The molecule has 1 atom stereocenters. The van der Waals surface area contributed by atoms with E-state index in [1.807, 2.05) is 37.5 Å². The number of amides is 1. The maximum atomic E-state index is 12.5. The van der Waals surface area contributed by atoms with Crippen molar-refractivity contribution < 1.29 is 23.7 Å². The number of imidazole rings is 1. The average Bonchev–Trinajstić information content (AvgIpc) is 3.45. The fourth-order valence-corrected chi connectivity index (χ4v) is 5.31. The molecule has 3 aromatic rings. The first-order valence-corrected chi connectivity index (χ1v) is 13.1. The smallest absolute Gasteiger partial charge is 0.410 e. The SMILES string of the molecule is CC(C)(C)OC(=O)N1CCOC(CCn2cnc(=N)c3[nH]c(Sc4cc5c(cc4Br)OCO5)nc32)C1. The van der Waals surface area contributed by atoms with Crippen LogP contribution in [0.1, 0.15) is 27.2 Å². The summed E-state index contributed by atoms with van der Waals surface area (Å²) >= 11 is 5.00. The van der Waals surface area contributed by atoms with E-state index in [1.54, 1.807) is 11.2 Å². The van der Waals surface area contributed by atoms with Crippen LogP contribution >= 0.6 is 27.7 Å². The van der Waals surface area contributed by atoms with E-state index in [0.29, 0.717) is 60.5 Å². The number of hydrogen-bond acceptors (Lipinski definition) is 9. The van der Waals surface area contributed by atoms with Crippen molar-refractivity contribution in [1.82, 2.24) is 24.4 Å². The van der Waals surface area contributed by atoms with E-state index in [1.165, 1.54) is 11.8 Å². The van der Waals surface area contributed by atoms with Crippen LogP contribution in [0.15, 0.2) is 33.0 Å². The van der Waals surface area contributed by atoms with Crippen molar-refractivity contribution in [3.05, 3.63) is 28.4 Å². The van der Waals surface area contributed by atoms with Crippen LogP contribution in [0, 0.1) is 5.41 Å². The second-order valence-electron chi connectivity index (χ2n) is 9.47. The van der Waals surface area contributed by atoms with Crippen LogP contribution in [0.25, 0.3) is 11.2 Å². The number of ether oxygens (including phenoxy) is 4. The molecule has 1 amide bonds. The Balaban J connectivity index is 1.29. The number of H-pyrrole nitrogens is 1. The molecule has 1 aromatic carbocycles. The van der Waals surface area contributed by atoms with Gasteiger partial charge in [-0.15, -0.1) is 0 Å². The Morgan fingerprint density at radius 3 is 2.89 bits per heavy atom. The first-order valence-electron chi connectivity index (χ1n) is 11.5.